The summed E-state index contributed by atoms with van der Waals surface area (Å²) in [7, 11) is 1.60. The third kappa shape index (κ3) is 4.30. The third-order valence-corrected chi connectivity index (χ3v) is 4.53. The van der Waals surface area contributed by atoms with Crippen LogP contribution in [0.15, 0.2) is 47.8 Å². The fraction of sp³-hybridized carbons (Fsp3) is 0.111. The first kappa shape index (κ1) is 18.2. The molecule has 0 unspecified atom stereocenters. The van der Waals surface area contributed by atoms with Crippen LogP contribution in [0, 0.1) is 5.82 Å². The van der Waals surface area contributed by atoms with Crippen LogP contribution in [0.25, 0.3) is 0 Å². The molecule has 0 bridgehead atoms. The molecule has 0 aliphatic rings. The van der Waals surface area contributed by atoms with Crippen molar-refractivity contribution in [3.63, 3.8) is 0 Å². The van der Waals surface area contributed by atoms with E-state index in [-0.39, 0.29) is 17.2 Å². The Bertz CT molecular complexity index is 895. The maximum absolute atomic E-state index is 13.7. The third-order valence-electron chi connectivity index (χ3n) is 3.41. The fourth-order valence-corrected chi connectivity index (χ4v) is 3.09. The zero-order valence-electron chi connectivity index (χ0n) is 13.7. The fourth-order valence-electron chi connectivity index (χ4n) is 2.13. The molecule has 0 saturated heterocycles. The number of hydrogen-bond acceptors (Lipinski definition) is 6. The van der Waals surface area contributed by atoms with Crippen LogP contribution in [-0.2, 0) is 11.3 Å². The van der Waals surface area contributed by atoms with Crippen molar-refractivity contribution < 1.29 is 18.7 Å². The van der Waals surface area contributed by atoms with Gasteiger partial charge in [-0.05, 0) is 36.4 Å². The Hall–Kier alpha value is -2.64. The number of methoxy groups -OCH3 is 1. The Morgan fingerprint density at radius 1 is 1.27 bits per heavy atom. The zero-order chi connectivity index (χ0) is 18.5. The first-order valence-corrected chi connectivity index (χ1v) is 8.79. The Morgan fingerprint density at radius 2 is 2.04 bits per heavy atom. The molecule has 0 radical (unpaired) electrons. The minimum absolute atomic E-state index is 0.00939. The van der Waals surface area contributed by atoms with Gasteiger partial charge in [0.15, 0.2) is 5.13 Å². The minimum Gasteiger partial charge on any atom is -0.497 e. The smallest absolute Gasteiger partial charge is 0.343 e. The monoisotopic (exact) mass is 392 g/mol. The predicted molar refractivity (Wildman–Crippen MR) is 98.9 cm³/mol. The van der Waals surface area contributed by atoms with Gasteiger partial charge >= 0.3 is 5.97 Å². The second-order valence-corrected chi connectivity index (χ2v) is 6.44. The van der Waals surface area contributed by atoms with Crippen LogP contribution in [0.1, 0.15) is 16.1 Å². The number of esters is 1. The van der Waals surface area contributed by atoms with E-state index in [4.69, 9.17) is 21.1 Å². The summed E-state index contributed by atoms with van der Waals surface area (Å²) in [5.74, 6) is -0.789. The summed E-state index contributed by atoms with van der Waals surface area (Å²) in [6, 6.07) is 11.4. The van der Waals surface area contributed by atoms with Gasteiger partial charge in [0.05, 0.1) is 17.8 Å². The average molecular weight is 393 g/mol. The molecule has 1 aromatic heterocycles. The van der Waals surface area contributed by atoms with Crippen molar-refractivity contribution in [3.05, 3.63) is 69.9 Å². The number of thiazole rings is 1. The first-order valence-electron chi connectivity index (χ1n) is 7.53. The number of ether oxygens (including phenoxy) is 2. The molecule has 1 N–H and O–H groups in total. The Balaban J connectivity index is 1.60. The highest BCUT2D eigenvalue weighted by molar-refractivity contribution is 7.13. The van der Waals surface area contributed by atoms with E-state index in [9.17, 15) is 9.18 Å². The van der Waals surface area contributed by atoms with Gasteiger partial charge in [-0.15, -0.1) is 11.3 Å². The van der Waals surface area contributed by atoms with E-state index in [1.807, 2.05) is 24.3 Å². The van der Waals surface area contributed by atoms with Gasteiger partial charge in [0.25, 0.3) is 0 Å². The number of hydrogen-bond donors (Lipinski definition) is 1. The second kappa shape index (κ2) is 8.16. The van der Waals surface area contributed by atoms with Crippen molar-refractivity contribution >= 4 is 39.7 Å². The molecule has 0 amide bonds. The number of rotatable bonds is 6. The second-order valence-electron chi connectivity index (χ2n) is 5.17. The first-order chi connectivity index (χ1) is 12.6. The molecular weight excluding hydrogens is 379 g/mol. The summed E-state index contributed by atoms with van der Waals surface area (Å²) < 4.78 is 23.9. The van der Waals surface area contributed by atoms with Crippen LogP contribution >= 0.6 is 22.9 Å². The summed E-state index contributed by atoms with van der Waals surface area (Å²) in [6.45, 7) is -0.0791. The van der Waals surface area contributed by atoms with Crippen LogP contribution in [0.5, 0.6) is 5.75 Å². The maximum Gasteiger partial charge on any atom is 0.343 e. The van der Waals surface area contributed by atoms with Crippen LogP contribution in [0.4, 0.5) is 15.2 Å². The van der Waals surface area contributed by atoms with Gasteiger partial charge in [-0.3, -0.25) is 0 Å². The Labute approximate surface area is 158 Å². The molecule has 8 heteroatoms. The molecule has 0 aliphatic carbocycles. The molecule has 0 spiro atoms. The number of aromatic nitrogens is 1. The lowest BCUT2D eigenvalue weighted by molar-refractivity contribution is 0.0463. The number of nitrogens with one attached hydrogen (secondary N) is 1. The van der Waals surface area contributed by atoms with E-state index in [1.54, 1.807) is 12.5 Å². The van der Waals surface area contributed by atoms with Crippen LogP contribution < -0.4 is 10.1 Å². The lowest BCUT2D eigenvalue weighted by Crippen LogP contribution is -2.08. The van der Waals surface area contributed by atoms with Gasteiger partial charge in [-0.1, -0.05) is 17.7 Å². The number of carbonyl (C=O) groups excluding carboxylic acids is 1. The lowest BCUT2D eigenvalue weighted by Gasteiger charge is -2.06. The molecule has 3 aromatic rings. The lowest BCUT2D eigenvalue weighted by atomic mass is 10.2. The Morgan fingerprint density at radius 3 is 2.73 bits per heavy atom. The summed E-state index contributed by atoms with van der Waals surface area (Å²) in [5, 5.41) is 5.55. The van der Waals surface area contributed by atoms with Gasteiger partial charge in [0, 0.05) is 11.1 Å². The van der Waals surface area contributed by atoms with E-state index in [0.29, 0.717) is 10.8 Å². The summed E-state index contributed by atoms with van der Waals surface area (Å²) in [6.07, 6.45) is 0. The van der Waals surface area contributed by atoms with E-state index >= 15 is 0 Å². The van der Waals surface area contributed by atoms with Crippen LogP contribution in [0.3, 0.4) is 0 Å². The highest BCUT2D eigenvalue weighted by Gasteiger charge is 2.17. The van der Waals surface area contributed by atoms with Crippen molar-refractivity contribution in [2.45, 2.75) is 6.61 Å². The summed E-state index contributed by atoms with van der Waals surface area (Å²) >= 11 is 7.21. The number of anilines is 2. The molecule has 1 heterocycles. The molecular formula is C18H14ClFN2O3S. The van der Waals surface area contributed by atoms with Crippen molar-refractivity contribution in [2.75, 3.05) is 12.4 Å². The van der Waals surface area contributed by atoms with Crippen molar-refractivity contribution in [2.24, 2.45) is 0 Å². The summed E-state index contributed by atoms with van der Waals surface area (Å²) in [5.41, 5.74) is 1.12. The molecule has 0 fully saturated rings. The number of nitrogens with zero attached hydrogens (tertiary/aromatic N) is 1. The highest BCUT2D eigenvalue weighted by atomic mass is 35.5. The van der Waals surface area contributed by atoms with Gasteiger partial charge < -0.3 is 14.8 Å². The van der Waals surface area contributed by atoms with Gasteiger partial charge in [-0.2, -0.15) is 0 Å². The number of carbonyl (C=O) groups is 1. The SMILES string of the molecule is COc1ccc(Nc2nc(COC(=O)c3c(F)cccc3Cl)cs2)cc1. The van der Waals surface area contributed by atoms with Crippen LogP contribution in [0.2, 0.25) is 5.02 Å². The van der Waals surface area contributed by atoms with E-state index in [2.05, 4.69) is 10.3 Å². The Kier molecular flexibility index (Phi) is 5.70. The van der Waals surface area contributed by atoms with Gasteiger partial charge in [-0.25, -0.2) is 14.2 Å². The quantitative estimate of drug-likeness (QED) is 0.595. The standard InChI is InChI=1S/C18H14ClFN2O3S/c1-24-13-7-5-11(6-8-13)21-18-22-12(10-26-18)9-25-17(23)16-14(19)3-2-4-15(16)20/h2-8,10H,9H2,1H3,(H,21,22). The maximum atomic E-state index is 13.7. The molecule has 0 atom stereocenters. The molecule has 3 rings (SSSR count). The normalized spacial score (nSPS) is 10.4. The summed E-state index contributed by atoms with van der Waals surface area (Å²) in [4.78, 5) is 16.4. The van der Waals surface area contributed by atoms with Gasteiger partial charge in [0.1, 0.15) is 23.7 Å². The highest BCUT2D eigenvalue weighted by Crippen LogP contribution is 2.24. The van der Waals surface area contributed by atoms with Crippen LogP contribution in [-0.4, -0.2) is 18.1 Å². The average Bonchev–Trinajstić information content (AvgIpc) is 3.08. The van der Waals surface area contributed by atoms with E-state index < -0.39 is 11.8 Å². The van der Waals surface area contributed by atoms with Gasteiger partial charge in [0.2, 0.25) is 0 Å². The number of benzene rings is 2. The van der Waals surface area contributed by atoms with Crippen molar-refractivity contribution in [1.29, 1.82) is 0 Å². The largest absolute Gasteiger partial charge is 0.497 e. The van der Waals surface area contributed by atoms with Crippen molar-refractivity contribution in [1.82, 2.24) is 4.98 Å². The molecule has 26 heavy (non-hydrogen) atoms. The topological polar surface area (TPSA) is 60.4 Å². The molecule has 0 aliphatic heterocycles. The minimum atomic E-state index is -0.828. The molecule has 5 nitrogen and oxygen atoms in total. The predicted octanol–water partition coefficient (Wildman–Crippen LogP) is 5.04. The zero-order valence-corrected chi connectivity index (χ0v) is 15.2. The molecule has 134 valence electrons. The molecule has 2 aromatic carbocycles. The number of halogens is 2. The van der Waals surface area contributed by atoms with Crippen molar-refractivity contribution in [3.8, 4) is 5.75 Å². The van der Waals surface area contributed by atoms with E-state index in [1.165, 1.54) is 23.5 Å². The van der Waals surface area contributed by atoms with E-state index in [0.717, 1.165) is 17.5 Å². The molecule has 0 saturated carbocycles.